The van der Waals surface area contributed by atoms with Crippen LogP contribution in [0, 0.1) is 0 Å². The monoisotopic (exact) mass is 275 g/mol. The smallest absolute Gasteiger partial charge is 0.106 e. The Labute approximate surface area is 82.5 Å². The molecule has 0 spiro atoms. The molecule has 3 heteroatoms. The van der Waals surface area contributed by atoms with Gasteiger partial charge in [-0.05, 0) is 40.4 Å². The van der Waals surface area contributed by atoms with E-state index in [1.54, 1.807) is 0 Å². The van der Waals surface area contributed by atoms with Gasteiger partial charge in [-0.2, -0.15) is 0 Å². The normalized spacial score (nSPS) is 21.8. The summed E-state index contributed by atoms with van der Waals surface area (Å²) in [4.78, 5) is 4.92. The number of nitrogens with zero attached hydrogens (tertiary/aromatic N) is 1. The lowest BCUT2D eigenvalue weighted by Gasteiger charge is -2.00. The molecule has 0 radical (unpaired) electrons. The molecule has 1 aromatic rings. The van der Waals surface area contributed by atoms with Gasteiger partial charge in [0, 0.05) is 10.5 Å². The number of halogens is 2. The van der Waals surface area contributed by atoms with Gasteiger partial charge < -0.3 is 0 Å². The van der Waals surface area contributed by atoms with Crippen molar-refractivity contribution in [2.45, 2.75) is 17.7 Å². The van der Waals surface area contributed by atoms with Crippen LogP contribution < -0.4 is 0 Å². The van der Waals surface area contributed by atoms with Crippen LogP contribution in [0.5, 0.6) is 0 Å². The highest BCUT2D eigenvalue weighted by atomic mass is 79.9. The third-order valence-corrected chi connectivity index (χ3v) is 3.34. The molecule has 1 aliphatic carbocycles. The van der Waals surface area contributed by atoms with E-state index in [4.69, 9.17) is 0 Å². The average molecular weight is 277 g/mol. The van der Waals surface area contributed by atoms with E-state index in [1.807, 2.05) is 6.07 Å². The van der Waals surface area contributed by atoms with E-state index in [9.17, 15) is 0 Å². The van der Waals surface area contributed by atoms with E-state index in [-0.39, 0.29) is 0 Å². The predicted octanol–water partition coefficient (Wildman–Crippen LogP) is 3.23. The van der Waals surface area contributed by atoms with Crippen LogP contribution in [0.25, 0.3) is 0 Å². The van der Waals surface area contributed by atoms with Gasteiger partial charge in [-0.1, -0.05) is 22.0 Å². The lowest BCUT2D eigenvalue weighted by atomic mass is 10.2. The molecule has 1 aromatic heterocycles. The molecule has 0 saturated heterocycles. The highest BCUT2D eigenvalue weighted by Gasteiger charge is 2.20. The average Bonchev–Trinajstić information content (AvgIpc) is 2.32. The predicted molar refractivity (Wildman–Crippen MR) is 51.9 cm³/mol. The van der Waals surface area contributed by atoms with Gasteiger partial charge in [0.2, 0.25) is 0 Å². The van der Waals surface area contributed by atoms with Gasteiger partial charge in [0.05, 0.1) is 0 Å². The summed E-state index contributed by atoms with van der Waals surface area (Å²) in [6.07, 6.45) is 2.28. The minimum absolute atomic E-state index is 0.526. The molecule has 1 heterocycles. The molecule has 1 aliphatic rings. The number of aromatic nitrogens is 1. The molecular formula is C8H7Br2N. The summed E-state index contributed by atoms with van der Waals surface area (Å²) in [7, 11) is 0. The highest BCUT2D eigenvalue weighted by Crippen LogP contribution is 2.36. The van der Waals surface area contributed by atoms with Crippen LogP contribution in [0.3, 0.4) is 0 Å². The molecule has 0 saturated carbocycles. The van der Waals surface area contributed by atoms with Gasteiger partial charge >= 0.3 is 0 Å². The first-order chi connectivity index (χ1) is 5.27. The van der Waals surface area contributed by atoms with E-state index < -0.39 is 0 Å². The van der Waals surface area contributed by atoms with Gasteiger partial charge in [0.1, 0.15) is 4.60 Å². The first-order valence-electron chi connectivity index (χ1n) is 3.57. The van der Waals surface area contributed by atoms with Crippen LogP contribution in [0.1, 0.15) is 22.5 Å². The Balaban J connectivity index is 2.50. The molecule has 0 aliphatic heterocycles. The number of hydrogen-bond donors (Lipinski definition) is 0. The second-order valence-corrected chi connectivity index (χ2v) is 4.59. The lowest BCUT2D eigenvalue weighted by Crippen LogP contribution is -1.87. The molecule has 1 nitrogen and oxygen atoms in total. The summed E-state index contributed by atoms with van der Waals surface area (Å²) < 4.78 is 0.942. The first-order valence-corrected chi connectivity index (χ1v) is 5.27. The second kappa shape index (κ2) is 2.87. The number of alkyl halides is 1. The maximum Gasteiger partial charge on any atom is 0.106 e. The zero-order chi connectivity index (χ0) is 7.84. The van der Waals surface area contributed by atoms with E-state index in [1.165, 1.54) is 17.7 Å². The Morgan fingerprint density at radius 3 is 3.09 bits per heavy atom. The van der Waals surface area contributed by atoms with E-state index in [0.29, 0.717) is 4.83 Å². The number of pyridine rings is 1. The summed E-state index contributed by atoms with van der Waals surface area (Å²) in [5.74, 6) is 0. The Bertz CT molecular complexity index is 285. The van der Waals surface area contributed by atoms with Gasteiger partial charge in [-0.25, -0.2) is 4.98 Å². The number of aryl methyl sites for hydroxylation is 1. The molecule has 0 aromatic carbocycles. The topological polar surface area (TPSA) is 12.9 Å². The summed E-state index contributed by atoms with van der Waals surface area (Å²) >= 11 is 6.96. The third-order valence-electron chi connectivity index (χ3n) is 1.95. The molecule has 0 bridgehead atoms. The van der Waals surface area contributed by atoms with Crippen molar-refractivity contribution in [3.05, 3.63) is 28.0 Å². The Morgan fingerprint density at radius 1 is 1.45 bits per heavy atom. The Morgan fingerprint density at radius 2 is 2.27 bits per heavy atom. The fourth-order valence-electron chi connectivity index (χ4n) is 1.39. The molecule has 2 rings (SSSR count). The van der Waals surface area contributed by atoms with Crippen LogP contribution in [0.4, 0.5) is 0 Å². The first kappa shape index (κ1) is 7.74. The SMILES string of the molecule is Brc1ccc2c(n1)CCC2Br. The molecule has 11 heavy (non-hydrogen) atoms. The van der Waals surface area contributed by atoms with E-state index in [2.05, 4.69) is 42.9 Å². The van der Waals surface area contributed by atoms with Crippen molar-refractivity contribution < 1.29 is 0 Å². The molecule has 1 atom stereocenters. The molecule has 58 valence electrons. The van der Waals surface area contributed by atoms with Crippen LogP contribution in [0.2, 0.25) is 0 Å². The van der Waals surface area contributed by atoms with Crippen LogP contribution in [0.15, 0.2) is 16.7 Å². The lowest BCUT2D eigenvalue weighted by molar-refractivity contribution is 0.891. The van der Waals surface area contributed by atoms with Crippen molar-refractivity contribution in [2.75, 3.05) is 0 Å². The number of fused-ring (bicyclic) bond motifs is 1. The highest BCUT2D eigenvalue weighted by molar-refractivity contribution is 9.10. The van der Waals surface area contributed by atoms with E-state index >= 15 is 0 Å². The van der Waals surface area contributed by atoms with Crippen molar-refractivity contribution in [1.82, 2.24) is 4.98 Å². The van der Waals surface area contributed by atoms with Crippen molar-refractivity contribution >= 4 is 31.9 Å². The second-order valence-electron chi connectivity index (χ2n) is 2.68. The Kier molecular flexibility index (Phi) is 2.02. The van der Waals surface area contributed by atoms with Gasteiger partial charge in [0.15, 0.2) is 0 Å². The van der Waals surface area contributed by atoms with Crippen molar-refractivity contribution in [3.8, 4) is 0 Å². The molecule has 1 unspecified atom stereocenters. The van der Waals surface area contributed by atoms with Crippen LogP contribution in [-0.4, -0.2) is 4.98 Å². The van der Waals surface area contributed by atoms with Gasteiger partial charge in [-0.3, -0.25) is 0 Å². The van der Waals surface area contributed by atoms with Crippen LogP contribution in [-0.2, 0) is 6.42 Å². The Hall–Kier alpha value is 0.110. The summed E-state index contributed by atoms with van der Waals surface area (Å²) in [6, 6.07) is 4.14. The zero-order valence-corrected chi connectivity index (χ0v) is 9.02. The van der Waals surface area contributed by atoms with Crippen LogP contribution >= 0.6 is 31.9 Å². The maximum atomic E-state index is 4.39. The maximum absolute atomic E-state index is 4.39. The molecule has 0 amide bonds. The van der Waals surface area contributed by atoms with E-state index in [0.717, 1.165) is 11.0 Å². The minimum atomic E-state index is 0.526. The quantitative estimate of drug-likeness (QED) is 0.524. The standard InChI is InChI=1S/C8H7Br2N/c9-6-2-3-7-5(6)1-4-8(10)11-7/h1,4,6H,2-3H2. The summed E-state index contributed by atoms with van der Waals surface area (Å²) in [5, 5.41) is 0. The van der Waals surface area contributed by atoms with Gasteiger partial charge in [-0.15, -0.1) is 0 Å². The molecular weight excluding hydrogens is 270 g/mol. The fourth-order valence-corrected chi connectivity index (χ4v) is 2.38. The molecule has 0 fully saturated rings. The summed E-state index contributed by atoms with van der Waals surface area (Å²) in [5.41, 5.74) is 2.59. The molecule has 0 N–H and O–H groups in total. The largest absolute Gasteiger partial charge is 0.246 e. The van der Waals surface area contributed by atoms with Crippen molar-refractivity contribution in [3.63, 3.8) is 0 Å². The summed E-state index contributed by atoms with van der Waals surface area (Å²) in [6.45, 7) is 0. The van der Waals surface area contributed by atoms with Crippen molar-refractivity contribution in [1.29, 1.82) is 0 Å². The van der Waals surface area contributed by atoms with Crippen molar-refractivity contribution in [2.24, 2.45) is 0 Å². The minimum Gasteiger partial charge on any atom is -0.246 e. The zero-order valence-electron chi connectivity index (χ0n) is 5.85. The number of rotatable bonds is 0. The fraction of sp³-hybridized carbons (Fsp3) is 0.375. The van der Waals surface area contributed by atoms with Gasteiger partial charge in [0.25, 0.3) is 0 Å². The number of hydrogen-bond acceptors (Lipinski definition) is 1. The third kappa shape index (κ3) is 1.36.